The normalized spacial score (nSPS) is 18.5. The van der Waals surface area contributed by atoms with Crippen LogP contribution in [0.1, 0.15) is 39.3 Å². The van der Waals surface area contributed by atoms with Crippen molar-refractivity contribution >= 4 is 51.4 Å². The summed E-state index contributed by atoms with van der Waals surface area (Å²) >= 11 is 2.92. The van der Waals surface area contributed by atoms with Crippen LogP contribution in [0, 0.1) is 5.41 Å². The van der Waals surface area contributed by atoms with E-state index >= 15 is 0 Å². The van der Waals surface area contributed by atoms with Crippen LogP contribution in [0.25, 0.3) is 0 Å². The molecule has 2 aromatic heterocycles. The number of carbonyl (C=O) groups excluding carboxylic acids is 2. The number of piperidine rings is 1. The molecule has 2 fully saturated rings. The first-order valence-corrected chi connectivity index (χ1v) is 13.8. The minimum Gasteiger partial charge on any atom is -0.370 e. The minimum atomic E-state index is -0.299. The maximum atomic E-state index is 13.1. The highest BCUT2D eigenvalue weighted by atomic mass is 32.2. The fraction of sp³-hybridized carbons (Fsp3) is 0.360. The van der Waals surface area contributed by atoms with Crippen molar-refractivity contribution in [1.82, 2.24) is 15.3 Å². The Morgan fingerprint density at radius 2 is 2.06 bits per heavy atom. The molecule has 0 aliphatic carbocycles. The van der Waals surface area contributed by atoms with Crippen LogP contribution < -0.4 is 20.4 Å². The third-order valence-corrected chi connectivity index (χ3v) is 8.88. The molecule has 0 bridgehead atoms. The van der Waals surface area contributed by atoms with Crippen molar-refractivity contribution in [2.24, 2.45) is 5.41 Å². The molecule has 2 N–H and O–H groups in total. The molecule has 8 nitrogen and oxygen atoms in total. The highest BCUT2D eigenvalue weighted by molar-refractivity contribution is 7.98. The van der Waals surface area contributed by atoms with Crippen molar-refractivity contribution in [2.75, 3.05) is 47.6 Å². The van der Waals surface area contributed by atoms with Gasteiger partial charge in [0.2, 0.25) is 0 Å². The monoisotopic (exact) mass is 506 g/mol. The first-order valence-electron chi connectivity index (χ1n) is 11.7. The second-order valence-corrected chi connectivity index (χ2v) is 11.1. The van der Waals surface area contributed by atoms with Crippen molar-refractivity contribution in [3.05, 3.63) is 58.9 Å². The summed E-state index contributed by atoms with van der Waals surface area (Å²) in [6, 6.07) is 7.91. The van der Waals surface area contributed by atoms with E-state index in [0.29, 0.717) is 34.0 Å². The topological polar surface area (TPSA) is 90.5 Å². The highest BCUT2D eigenvalue weighted by Gasteiger charge is 2.40. The molecule has 2 amide bonds. The third kappa shape index (κ3) is 4.09. The molecule has 2 saturated heterocycles. The summed E-state index contributed by atoms with van der Waals surface area (Å²) in [5.41, 5.74) is 4.11. The predicted octanol–water partition coefficient (Wildman–Crippen LogP) is 3.86. The fourth-order valence-corrected chi connectivity index (χ4v) is 6.30. The lowest BCUT2D eigenvalue weighted by Gasteiger charge is -2.49. The first kappa shape index (κ1) is 22.5. The lowest BCUT2D eigenvalue weighted by molar-refractivity contribution is 0.0991. The van der Waals surface area contributed by atoms with Gasteiger partial charge in [0.25, 0.3) is 11.8 Å². The summed E-state index contributed by atoms with van der Waals surface area (Å²) in [6.45, 7) is 4.61. The molecule has 1 aromatic carbocycles. The maximum absolute atomic E-state index is 13.1. The van der Waals surface area contributed by atoms with Crippen molar-refractivity contribution in [3.63, 3.8) is 0 Å². The third-order valence-electron chi connectivity index (χ3n) is 7.29. The number of thiazole rings is 1. The Bertz CT molecular complexity index is 1290. The second kappa shape index (κ2) is 8.92. The fourth-order valence-electron chi connectivity index (χ4n) is 5.05. The van der Waals surface area contributed by atoms with E-state index in [1.54, 1.807) is 34.4 Å². The van der Waals surface area contributed by atoms with Crippen LogP contribution in [0.3, 0.4) is 0 Å². The minimum absolute atomic E-state index is 0.0729. The zero-order valence-corrected chi connectivity index (χ0v) is 21.0. The Morgan fingerprint density at radius 1 is 1.23 bits per heavy atom. The number of nitrogens with one attached hydrogen (secondary N) is 2. The molecule has 0 radical (unpaired) electrons. The van der Waals surface area contributed by atoms with E-state index in [1.807, 2.05) is 30.5 Å². The number of anilines is 3. The summed E-state index contributed by atoms with van der Waals surface area (Å²) in [5, 5.41) is 8.64. The highest BCUT2D eigenvalue weighted by Crippen LogP contribution is 2.38. The van der Waals surface area contributed by atoms with E-state index in [9.17, 15) is 9.59 Å². The molecule has 180 valence electrons. The van der Waals surface area contributed by atoms with Gasteiger partial charge in [-0.05, 0) is 48.3 Å². The molecule has 3 aliphatic rings. The van der Waals surface area contributed by atoms with E-state index in [-0.39, 0.29) is 11.8 Å². The molecular weight excluding hydrogens is 480 g/mol. The smallest absolute Gasteiger partial charge is 0.275 e. The van der Waals surface area contributed by atoms with Crippen LogP contribution in [0.4, 0.5) is 16.5 Å². The summed E-state index contributed by atoms with van der Waals surface area (Å²) in [7, 11) is 0. The van der Waals surface area contributed by atoms with Gasteiger partial charge in [0.15, 0.2) is 5.13 Å². The summed E-state index contributed by atoms with van der Waals surface area (Å²) in [6.07, 6.45) is 7.75. The molecule has 35 heavy (non-hydrogen) atoms. The summed E-state index contributed by atoms with van der Waals surface area (Å²) < 4.78 is 0. The van der Waals surface area contributed by atoms with E-state index < -0.39 is 0 Å². The van der Waals surface area contributed by atoms with Gasteiger partial charge in [0.1, 0.15) is 5.69 Å². The van der Waals surface area contributed by atoms with Crippen LogP contribution in [-0.4, -0.2) is 54.2 Å². The largest absolute Gasteiger partial charge is 0.370 e. The van der Waals surface area contributed by atoms with Gasteiger partial charge in [-0.3, -0.25) is 19.5 Å². The number of amides is 2. The number of aromatic nitrogens is 2. The van der Waals surface area contributed by atoms with E-state index in [1.165, 1.54) is 11.3 Å². The van der Waals surface area contributed by atoms with E-state index in [0.717, 1.165) is 55.2 Å². The predicted molar refractivity (Wildman–Crippen MR) is 140 cm³/mol. The van der Waals surface area contributed by atoms with Gasteiger partial charge in [-0.15, -0.1) is 23.1 Å². The standard InChI is InChI=1S/C25H26N6O2S2/c1-34-17-3-2-16-12-31(23(33)18(16)10-17)24-29-20(13-35-24)22(32)28-19-11-26-7-4-21(19)30-8-5-25(6-9-30)14-27-15-25/h2-4,7,10-11,13,27H,5-6,8-9,12,14-15H2,1H3,(H,28,32). The number of fused-ring (bicyclic) bond motifs is 1. The quantitative estimate of drug-likeness (QED) is 0.508. The molecule has 0 saturated carbocycles. The lowest BCUT2D eigenvalue weighted by atomic mass is 9.73. The molecule has 5 heterocycles. The number of pyridine rings is 1. The van der Waals surface area contributed by atoms with Crippen molar-refractivity contribution < 1.29 is 9.59 Å². The molecule has 1 spiro atoms. The Morgan fingerprint density at radius 3 is 2.80 bits per heavy atom. The van der Waals surface area contributed by atoms with Gasteiger partial charge in [-0.25, -0.2) is 4.98 Å². The van der Waals surface area contributed by atoms with Crippen molar-refractivity contribution in [1.29, 1.82) is 0 Å². The van der Waals surface area contributed by atoms with Crippen LogP contribution in [0.2, 0.25) is 0 Å². The molecule has 0 atom stereocenters. The van der Waals surface area contributed by atoms with Crippen LogP contribution in [-0.2, 0) is 6.54 Å². The number of hydrogen-bond donors (Lipinski definition) is 2. The first-order chi connectivity index (χ1) is 17.0. The Kier molecular flexibility index (Phi) is 5.74. The lowest BCUT2D eigenvalue weighted by Crippen LogP contribution is -2.58. The second-order valence-electron chi connectivity index (χ2n) is 9.37. The molecule has 10 heteroatoms. The summed E-state index contributed by atoms with van der Waals surface area (Å²) in [4.78, 5) is 39.9. The Labute approximate surface area is 212 Å². The zero-order chi connectivity index (χ0) is 24.0. The van der Waals surface area contributed by atoms with Gasteiger partial charge in [-0.2, -0.15) is 0 Å². The van der Waals surface area contributed by atoms with E-state index in [2.05, 4.69) is 25.5 Å². The van der Waals surface area contributed by atoms with Crippen LogP contribution in [0.5, 0.6) is 0 Å². The van der Waals surface area contributed by atoms with Crippen LogP contribution >= 0.6 is 23.1 Å². The van der Waals surface area contributed by atoms with Crippen molar-refractivity contribution in [2.45, 2.75) is 24.3 Å². The number of nitrogens with zero attached hydrogens (tertiary/aromatic N) is 4. The molecule has 3 aliphatic heterocycles. The van der Waals surface area contributed by atoms with Gasteiger partial charge in [-0.1, -0.05) is 6.07 Å². The van der Waals surface area contributed by atoms with Crippen LogP contribution in [0.15, 0.2) is 46.9 Å². The molecule has 6 rings (SSSR count). The average Bonchev–Trinajstić information content (AvgIpc) is 3.48. The molecule has 3 aromatic rings. The van der Waals surface area contributed by atoms with Gasteiger partial charge < -0.3 is 15.5 Å². The van der Waals surface area contributed by atoms with Gasteiger partial charge in [0, 0.05) is 48.2 Å². The number of thioether (sulfide) groups is 1. The maximum Gasteiger partial charge on any atom is 0.275 e. The van der Waals surface area contributed by atoms with Crippen molar-refractivity contribution in [3.8, 4) is 0 Å². The number of benzene rings is 1. The molecule has 0 unspecified atom stereocenters. The Hall–Kier alpha value is -2.95. The van der Waals surface area contributed by atoms with Gasteiger partial charge in [0.05, 0.1) is 24.1 Å². The summed E-state index contributed by atoms with van der Waals surface area (Å²) in [5.74, 6) is -0.372. The zero-order valence-electron chi connectivity index (χ0n) is 19.4. The average molecular weight is 507 g/mol. The van der Waals surface area contributed by atoms with E-state index in [4.69, 9.17) is 0 Å². The molecular formula is C25H26N6O2S2. The SMILES string of the molecule is CSc1ccc2c(c1)C(=O)N(c1nc(C(=O)Nc3cnccc3N3CCC4(CC3)CNC4)cs1)C2. The Balaban J connectivity index is 1.16. The van der Waals surface area contributed by atoms with Gasteiger partial charge >= 0.3 is 0 Å². The number of hydrogen-bond acceptors (Lipinski definition) is 8. The number of carbonyl (C=O) groups is 2. The number of rotatable bonds is 5.